The van der Waals surface area contributed by atoms with Crippen LogP contribution in [0.15, 0.2) is 48.6 Å². The average molecular weight is 849 g/mol. The van der Waals surface area contributed by atoms with E-state index in [1.165, 1.54) is 83.5 Å². The van der Waals surface area contributed by atoms with Gasteiger partial charge in [-0.1, -0.05) is 178 Å². The predicted octanol–water partition coefficient (Wildman–Crippen LogP) is 10.5. The number of aliphatic hydroxyl groups is 3. The first-order chi connectivity index (χ1) is 29.2. The standard InChI is InChI=1S/C49H84O11/c1-3-5-7-9-11-13-15-16-17-18-19-20-21-22-23-24-25-26-28-29-31-33-35-37-42(50)57-39-41(40-58-49-46(54)44(52)45(53)47(60-49)48(55)56)59-43(51)38-36-34-32-30-27-14-12-10-8-6-4-2/h5,7,11,13,16-17,19-20,41,44-47,49,52-54H,3-4,6,8-10,12,14-15,18,21-40H2,1-2H3,(H,55,56)/b7-5-,13-11-,17-16-,20-19-. The summed E-state index contributed by atoms with van der Waals surface area (Å²) >= 11 is 0. The number of aliphatic carboxylic acids is 1. The smallest absolute Gasteiger partial charge is 0.335 e. The Labute approximate surface area is 363 Å². The molecule has 11 nitrogen and oxygen atoms in total. The van der Waals surface area contributed by atoms with Gasteiger partial charge in [0.1, 0.15) is 24.9 Å². The van der Waals surface area contributed by atoms with E-state index in [-0.39, 0.29) is 26.1 Å². The molecule has 0 aromatic heterocycles. The third-order valence-electron chi connectivity index (χ3n) is 10.7. The molecule has 6 atom stereocenters. The number of unbranched alkanes of at least 4 members (excludes halogenated alkanes) is 20. The summed E-state index contributed by atoms with van der Waals surface area (Å²) in [4.78, 5) is 36.8. The van der Waals surface area contributed by atoms with Crippen LogP contribution in [0.3, 0.4) is 0 Å². The minimum absolute atomic E-state index is 0.183. The number of ether oxygens (including phenoxy) is 4. The van der Waals surface area contributed by atoms with Gasteiger partial charge in [-0.05, 0) is 51.4 Å². The van der Waals surface area contributed by atoms with Crippen LogP contribution in [0.25, 0.3) is 0 Å². The van der Waals surface area contributed by atoms with E-state index < -0.39 is 54.7 Å². The molecule has 1 aliphatic rings. The van der Waals surface area contributed by atoms with E-state index in [0.717, 1.165) is 70.6 Å². The Morgan fingerprint density at radius 1 is 0.533 bits per heavy atom. The van der Waals surface area contributed by atoms with E-state index in [9.17, 15) is 34.8 Å². The van der Waals surface area contributed by atoms with Crippen molar-refractivity contribution < 1.29 is 53.8 Å². The van der Waals surface area contributed by atoms with Crippen LogP contribution in [-0.2, 0) is 33.3 Å². The second-order valence-corrected chi connectivity index (χ2v) is 16.2. The molecule has 0 radical (unpaired) electrons. The number of esters is 2. The van der Waals surface area contributed by atoms with Crippen molar-refractivity contribution in [1.29, 1.82) is 0 Å². The maximum atomic E-state index is 12.7. The van der Waals surface area contributed by atoms with E-state index >= 15 is 0 Å². The summed E-state index contributed by atoms with van der Waals surface area (Å²) in [5, 5.41) is 39.8. The molecule has 0 aromatic carbocycles. The third kappa shape index (κ3) is 30.2. The summed E-state index contributed by atoms with van der Waals surface area (Å²) in [6.45, 7) is 3.69. The Bertz CT molecular complexity index is 1180. The van der Waals surface area contributed by atoms with Gasteiger partial charge in [0, 0.05) is 12.8 Å². The van der Waals surface area contributed by atoms with Crippen LogP contribution in [0.5, 0.6) is 0 Å². The third-order valence-corrected chi connectivity index (χ3v) is 10.7. The fourth-order valence-electron chi connectivity index (χ4n) is 6.99. The summed E-state index contributed by atoms with van der Waals surface area (Å²) < 4.78 is 21.7. The number of rotatable bonds is 39. The molecule has 0 aromatic rings. The second-order valence-electron chi connectivity index (χ2n) is 16.2. The molecule has 0 spiro atoms. The zero-order chi connectivity index (χ0) is 43.9. The van der Waals surface area contributed by atoms with Gasteiger partial charge in [-0.2, -0.15) is 0 Å². The molecule has 346 valence electrons. The molecule has 1 saturated heterocycles. The fraction of sp³-hybridized carbons (Fsp3) is 0.776. The van der Waals surface area contributed by atoms with Crippen molar-refractivity contribution in [3.63, 3.8) is 0 Å². The van der Waals surface area contributed by atoms with Gasteiger partial charge in [0.2, 0.25) is 0 Å². The van der Waals surface area contributed by atoms with E-state index in [0.29, 0.717) is 12.8 Å². The van der Waals surface area contributed by atoms with Gasteiger partial charge in [-0.3, -0.25) is 9.59 Å². The zero-order valence-corrected chi connectivity index (χ0v) is 37.4. The lowest BCUT2D eigenvalue weighted by atomic mass is 9.99. The van der Waals surface area contributed by atoms with Crippen LogP contribution in [0.4, 0.5) is 0 Å². The maximum absolute atomic E-state index is 12.7. The Morgan fingerprint density at radius 2 is 0.983 bits per heavy atom. The van der Waals surface area contributed by atoms with Crippen molar-refractivity contribution in [1.82, 2.24) is 0 Å². The Morgan fingerprint density at radius 3 is 1.48 bits per heavy atom. The summed E-state index contributed by atoms with van der Waals surface area (Å²) in [6.07, 6.45) is 37.4. The highest BCUT2D eigenvalue weighted by atomic mass is 16.7. The Kier molecular flexibility index (Phi) is 35.9. The lowest BCUT2D eigenvalue weighted by Gasteiger charge is -2.38. The molecule has 4 N–H and O–H groups in total. The van der Waals surface area contributed by atoms with Crippen LogP contribution >= 0.6 is 0 Å². The highest BCUT2D eigenvalue weighted by Gasteiger charge is 2.47. The van der Waals surface area contributed by atoms with Gasteiger partial charge >= 0.3 is 17.9 Å². The molecule has 0 aliphatic carbocycles. The zero-order valence-electron chi connectivity index (χ0n) is 37.4. The van der Waals surface area contributed by atoms with Crippen molar-refractivity contribution in [3.8, 4) is 0 Å². The van der Waals surface area contributed by atoms with E-state index in [2.05, 4.69) is 62.5 Å². The number of carboxylic acid groups (broad SMARTS) is 1. The highest BCUT2D eigenvalue weighted by molar-refractivity contribution is 5.73. The quantitative estimate of drug-likeness (QED) is 0.0264. The SMILES string of the molecule is CC/C=C\C/C=C\C/C=C\C/C=C\CCCCCCCCCCCCC(=O)OCC(COC1OC(C(=O)O)C(O)C(O)C1O)OC(=O)CCCCCCCCCCCCC. The number of carboxylic acids is 1. The number of allylic oxidation sites excluding steroid dienone is 8. The molecular weight excluding hydrogens is 765 g/mol. The Balaban J connectivity index is 2.28. The first-order valence-corrected chi connectivity index (χ1v) is 23.7. The Hall–Kier alpha value is -2.83. The van der Waals surface area contributed by atoms with Crippen molar-refractivity contribution in [2.24, 2.45) is 0 Å². The van der Waals surface area contributed by atoms with Crippen LogP contribution in [0.1, 0.15) is 194 Å². The van der Waals surface area contributed by atoms with E-state index in [1.54, 1.807) is 0 Å². The number of carbonyl (C=O) groups is 3. The number of hydrogen-bond acceptors (Lipinski definition) is 10. The average Bonchev–Trinajstić information content (AvgIpc) is 3.23. The lowest BCUT2D eigenvalue weighted by Crippen LogP contribution is -2.60. The van der Waals surface area contributed by atoms with Gasteiger partial charge in [-0.15, -0.1) is 0 Å². The molecule has 6 unspecified atom stereocenters. The van der Waals surface area contributed by atoms with Crippen molar-refractivity contribution in [3.05, 3.63) is 48.6 Å². The molecule has 1 rings (SSSR count). The van der Waals surface area contributed by atoms with Gasteiger partial charge in [-0.25, -0.2) is 4.79 Å². The van der Waals surface area contributed by atoms with E-state index in [1.807, 2.05) is 0 Å². The summed E-state index contributed by atoms with van der Waals surface area (Å²) in [5.41, 5.74) is 0. The number of carbonyl (C=O) groups excluding carboxylic acids is 2. The molecule has 0 saturated carbocycles. The van der Waals surface area contributed by atoms with Gasteiger partial charge in [0.25, 0.3) is 0 Å². The number of aliphatic hydroxyl groups excluding tert-OH is 3. The molecule has 0 amide bonds. The summed E-state index contributed by atoms with van der Waals surface area (Å²) in [5.74, 6) is -2.45. The predicted molar refractivity (Wildman–Crippen MR) is 238 cm³/mol. The number of hydrogen-bond donors (Lipinski definition) is 4. The fourth-order valence-corrected chi connectivity index (χ4v) is 6.99. The van der Waals surface area contributed by atoms with E-state index in [4.69, 9.17) is 18.9 Å². The molecule has 1 heterocycles. The monoisotopic (exact) mass is 849 g/mol. The lowest BCUT2D eigenvalue weighted by molar-refractivity contribution is -0.298. The van der Waals surface area contributed by atoms with Crippen LogP contribution in [0.2, 0.25) is 0 Å². The first kappa shape index (κ1) is 55.2. The molecular formula is C49H84O11. The molecule has 1 fully saturated rings. The largest absolute Gasteiger partial charge is 0.479 e. The molecule has 60 heavy (non-hydrogen) atoms. The van der Waals surface area contributed by atoms with Crippen LogP contribution in [-0.4, -0.2) is 88.4 Å². The topological polar surface area (TPSA) is 169 Å². The van der Waals surface area contributed by atoms with Crippen molar-refractivity contribution >= 4 is 17.9 Å². The first-order valence-electron chi connectivity index (χ1n) is 23.7. The minimum atomic E-state index is -1.86. The van der Waals surface area contributed by atoms with Gasteiger partial charge < -0.3 is 39.4 Å². The minimum Gasteiger partial charge on any atom is -0.479 e. The maximum Gasteiger partial charge on any atom is 0.335 e. The van der Waals surface area contributed by atoms with Crippen molar-refractivity contribution in [2.75, 3.05) is 13.2 Å². The van der Waals surface area contributed by atoms with Gasteiger partial charge in [0.05, 0.1) is 6.61 Å². The molecule has 11 heteroatoms. The second kappa shape index (κ2) is 39.0. The summed E-state index contributed by atoms with van der Waals surface area (Å²) in [7, 11) is 0. The summed E-state index contributed by atoms with van der Waals surface area (Å²) in [6, 6.07) is 0. The van der Waals surface area contributed by atoms with Gasteiger partial charge in [0.15, 0.2) is 18.5 Å². The molecule has 1 aliphatic heterocycles. The van der Waals surface area contributed by atoms with Crippen molar-refractivity contribution in [2.45, 2.75) is 230 Å². The highest BCUT2D eigenvalue weighted by Crippen LogP contribution is 2.23. The molecule has 0 bridgehead atoms. The van der Waals surface area contributed by atoms with Crippen LogP contribution < -0.4 is 0 Å². The van der Waals surface area contributed by atoms with Crippen LogP contribution in [0, 0.1) is 0 Å². The normalized spacial score (nSPS) is 20.2.